The number of hydrogen-bond acceptors (Lipinski definition) is 4. The summed E-state index contributed by atoms with van der Waals surface area (Å²) in [5.74, 6) is -0.00308. The molecule has 0 bridgehead atoms. The molecule has 0 saturated carbocycles. The number of likely N-dealkylation sites (tertiary alicyclic amines) is 1. The Morgan fingerprint density at radius 3 is 2.79 bits per heavy atom. The lowest BCUT2D eigenvalue weighted by Gasteiger charge is -2.32. The number of amides is 1. The van der Waals surface area contributed by atoms with Crippen molar-refractivity contribution in [3.8, 4) is 0 Å². The molecule has 28 heavy (non-hydrogen) atoms. The summed E-state index contributed by atoms with van der Waals surface area (Å²) in [5.41, 5.74) is 2.41. The Morgan fingerprint density at radius 1 is 1.32 bits per heavy atom. The van der Waals surface area contributed by atoms with Crippen LogP contribution in [0.4, 0.5) is 0 Å². The minimum Gasteiger partial charge on any atom is -0.337 e. The molecule has 1 aliphatic heterocycles. The molecular formula is C20H28N4O3S. The molecule has 3 rings (SSSR count). The van der Waals surface area contributed by atoms with Crippen LogP contribution < -0.4 is 4.72 Å². The van der Waals surface area contributed by atoms with Gasteiger partial charge < -0.3 is 4.90 Å². The molecular weight excluding hydrogens is 376 g/mol. The maximum atomic E-state index is 12.7. The van der Waals surface area contributed by atoms with E-state index in [4.69, 9.17) is 0 Å². The molecule has 2 N–H and O–H groups in total. The number of nitrogens with zero attached hydrogens (tertiary/aromatic N) is 2. The van der Waals surface area contributed by atoms with Crippen LogP contribution in [0.2, 0.25) is 0 Å². The van der Waals surface area contributed by atoms with E-state index in [0.29, 0.717) is 25.3 Å². The first-order chi connectivity index (χ1) is 13.4. The third-order valence-corrected chi connectivity index (χ3v) is 6.51. The second-order valence-corrected chi connectivity index (χ2v) is 9.22. The number of piperidine rings is 1. The first-order valence-corrected chi connectivity index (χ1v) is 11.3. The van der Waals surface area contributed by atoms with Gasteiger partial charge in [-0.25, -0.2) is 13.1 Å². The number of rotatable bonds is 7. The molecule has 1 saturated heterocycles. The Labute approximate surface area is 166 Å². The molecule has 1 atom stereocenters. The average Bonchev–Trinajstić information content (AvgIpc) is 3.15. The van der Waals surface area contributed by atoms with Gasteiger partial charge >= 0.3 is 0 Å². The van der Waals surface area contributed by atoms with E-state index in [1.807, 2.05) is 13.0 Å². The molecule has 8 heteroatoms. The molecule has 0 spiro atoms. The van der Waals surface area contributed by atoms with Crippen LogP contribution in [0.3, 0.4) is 0 Å². The van der Waals surface area contributed by atoms with Gasteiger partial charge in [-0.2, -0.15) is 5.10 Å². The number of H-pyrrole nitrogens is 1. The van der Waals surface area contributed by atoms with Crippen molar-refractivity contribution in [2.75, 3.05) is 19.6 Å². The maximum absolute atomic E-state index is 12.7. The van der Waals surface area contributed by atoms with Crippen molar-refractivity contribution in [3.63, 3.8) is 0 Å². The van der Waals surface area contributed by atoms with Crippen LogP contribution in [-0.2, 0) is 16.4 Å². The zero-order valence-electron chi connectivity index (χ0n) is 16.4. The molecule has 0 aliphatic carbocycles. The zero-order valence-corrected chi connectivity index (χ0v) is 17.3. The van der Waals surface area contributed by atoms with Gasteiger partial charge in [-0.15, -0.1) is 0 Å². The lowest BCUT2D eigenvalue weighted by Crippen LogP contribution is -2.43. The van der Waals surface area contributed by atoms with Gasteiger partial charge in [0.05, 0.1) is 4.90 Å². The largest absolute Gasteiger partial charge is 0.337 e. The fraction of sp³-hybridized carbons (Fsp3) is 0.500. The van der Waals surface area contributed by atoms with Crippen LogP contribution >= 0.6 is 0 Å². The summed E-state index contributed by atoms with van der Waals surface area (Å²) < 4.78 is 27.7. The average molecular weight is 405 g/mol. The third-order valence-electron chi connectivity index (χ3n) is 5.07. The molecule has 152 valence electrons. The second-order valence-electron chi connectivity index (χ2n) is 7.45. The van der Waals surface area contributed by atoms with E-state index in [1.54, 1.807) is 29.2 Å². The summed E-state index contributed by atoms with van der Waals surface area (Å²) in [6, 6.07) is 8.60. The van der Waals surface area contributed by atoms with Crippen molar-refractivity contribution in [2.45, 2.75) is 44.4 Å². The Balaban J connectivity index is 1.58. The number of aromatic amines is 1. The number of aromatic nitrogens is 2. The van der Waals surface area contributed by atoms with Crippen molar-refractivity contribution < 1.29 is 13.2 Å². The van der Waals surface area contributed by atoms with Gasteiger partial charge in [0.25, 0.3) is 5.91 Å². The van der Waals surface area contributed by atoms with Crippen molar-refractivity contribution in [3.05, 3.63) is 47.3 Å². The molecule has 1 aromatic carbocycles. The summed E-state index contributed by atoms with van der Waals surface area (Å²) in [5, 5.41) is 7.06. The van der Waals surface area contributed by atoms with E-state index in [1.165, 1.54) is 0 Å². The maximum Gasteiger partial charge on any atom is 0.274 e. The minimum atomic E-state index is -3.54. The van der Waals surface area contributed by atoms with Crippen LogP contribution in [0.25, 0.3) is 0 Å². The number of hydrogen-bond donors (Lipinski definition) is 2. The predicted octanol–water partition coefficient (Wildman–Crippen LogP) is 2.50. The predicted molar refractivity (Wildman–Crippen MR) is 108 cm³/mol. The van der Waals surface area contributed by atoms with Crippen LogP contribution in [0.5, 0.6) is 0 Å². The Bertz CT molecular complexity index is 906. The van der Waals surface area contributed by atoms with Gasteiger partial charge in [0.15, 0.2) is 0 Å². The van der Waals surface area contributed by atoms with Crippen molar-refractivity contribution >= 4 is 15.9 Å². The molecule has 1 aromatic heterocycles. The van der Waals surface area contributed by atoms with Gasteiger partial charge in [-0.3, -0.25) is 9.89 Å². The first kappa shape index (κ1) is 20.5. The molecule has 1 fully saturated rings. The van der Waals surface area contributed by atoms with E-state index in [2.05, 4.69) is 21.8 Å². The number of nitrogens with one attached hydrogen (secondary N) is 2. The van der Waals surface area contributed by atoms with E-state index >= 15 is 0 Å². The van der Waals surface area contributed by atoms with Crippen LogP contribution in [0.15, 0.2) is 35.2 Å². The second kappa shape index (κ2) is 8.87. The SMILES string of the molecule is CCCc1cc(C(=O)N2CCCC(CNS(=O)(=O)c3ccc(C)cc3)C2)n[nH]1. The molecule has 1 aliphatic rings. The third kappa shape index (κ3) is 4.99. The van der Waals surface area contributed by atoms with Crippen LogP contribution in [0, 0.1) is 12.8 Å². The highest BCUT2D eigenvalue weighted by Gasteiger charge is 2.27. The Hall–Kier alpha value is -2.19. The molecule has 1 unspecified atom stereocenters. The van der Waals surface area contributed by atoms with Gasteiger partial charge in [-0.05, 0) is 50.3 Å². The van der Waals surface area contributed by atoms with Gasteiger partial charge in [-0.1, -0.05) is 31.0 Å². The highest BCUT2D eigenvalue weighted by Crippen LogP contribution is 2.19. The van der Waals surface area contributed by atoms with Crippen molar-refractivity contribution in [1.82, 2.24) is 19.8 Å². The van der Waals surface area contributed by atoms with E-state index in [9.17, 15) is 13.2 Å². The molecule has 0 radical (unpaired) electrons. The minimum absolute atomic E-state index is 0.0898. The number of carbonyl (C=O) groups is 1. The van der Waals surface area contributed by atoms with E-state index in [0.717, 1.165) is 36.9 Å². The topological polar surface area (TPSA) is 95.2 Å². The Kier molecular flexibility index (Phi) is 6.51. The summed E-state index contributed by atoms with van der Waals surface area (Å²) >= 11 is 0. The van der Waals surface area contributed by atoms with Crippen LogP contribution in [-0.4, -0.2) is 49.1 Å². The molecule has 2 aromatic rings. The fourth-order valence-corrected chi connectivity index (χ4v) is 4.59. The number of aryl methyl sites for hydroxylation is 2. The van der Waals surface area contributed by atoms with E-state index < -0.39 is 10.0 Å². The molecule has 7 nitrogen and oxygen atoms in total. The van der Waals surface area contributed by atoms with E-state index in [-0.39, 0.29) is 16.7 Å². The monoisotopic (exact) mass is 404 g/mol. The highest BCUT2D eigenvalue weighted by atomic mass is 32.2. The van der Waals surface area contributed by atoms with Crippen LogP contribution in [0.1, 0.15) is 47.9 Å². The smallest absolute Gasteiger partial charge is 0.274 e. The van der Waals surface area contributed by atoms with Crippen molar-refractivity contribution in [2.24, 2.45) is 5.92 Å². The molecule has 1 amide bonds. The lowest BCUT2D eigenvalue weighted by molar-refractivity contribution is 0.0670. The Morgan fingerprint density at radius 2 is 2.07 bits per heavy atom. The summed E-state index contributed by atoms with van der Waals surface area (Å²) in [7, 11) is -3.54. The summed E-state index contributed by atoms with van der Waals surface area (Å²) in [6.07, 6.45) is 3.60. The van der Waals surface area contributed by atoms with Crippen molar-refractivity contribution in [1.29, 1.82) is 0 Å². The fourth-order valence-electron chi connectivity index (χ4n) is 3.48. The number of carbonyl (C=O) groups excluding carboxylic acids is 1. The van der Waals surface area contributed by atoms with Gasteiger partial charge in [0, 0.05) is 25.3 Å². The zero-order chi connectivity index (χ0) is 20.1. The molecule has 2 heterocycles. The lowest BCUT2D eigenvalue weighted by atomic mass is 9.98. The van der Waals surface area contributed by atoms with Gasteiger partial charge in [0.2, 0.25) is 10.0 Å². The number of sulfonamides is 1. The summed E-state index contributed by atoms with van der Waals surface area (Å²) in [4.78, 5) is 14.8. The highest BCUT2D eigenvalue weighted by molar-refractivity contribution is 7.89. The summed E-state index contributed by atoms with van der Waals surface area (Å²) in [6.45, 7) is 5.53. The van der Waals surface area contributed by atoms with Gasteiger partial charge in [0.1, 0.15) is 5.69 Å². The first-order valence-electron chi connectivity index (χ1n) is 9.79. The standard InChI is InChI=1S/C20H28N4O3S/c1-3-5-17-12-19(23-22-17)20(25)24-11-4-6-16(14-24)13-21-28(26,27)18-9-7-15(2)8-10-18/h7-10,12,16,21H,3-6,11,13-14H2,1-2H3,(H,22,23). The normalized spacial score (nSPS) is 17.6. The quantitative estimate of drug-likeness (QED) is 0.741. The number of benzene rings is 1.